The summed E-state index contributed by atoms with van der Waals surface area (Å²) < 4.78 is 38.0. The Morgan fingerprint density at radius 3 is 2.35 bits per heavy atom. The van der Waals surface area contributed by atoms with Gasteiger partial charge in [-0.15, -0.1) is 0 Å². The molecule has 1 spiro atoms. The van der Waals surface area contributed by atoms with E-state index in [9.17, 15) is 27.9 Å². The van der Waals surface area contributed by atoms with Crippen LogP contribution in [-0.4, -0.2) is 29.2 Å². The lowest BCUT2D eigenvalue weighted by Gasteiger charge is -2.53. The molecule has 0 unspecified atom stereocenters. The Bertz CT molecular complexity index is 364. The van der Waals surface area contributed by atoms with E-state index in [0.717, 1.165) is 0 Å². The molecule has 4 nitrogen and oxygen atoms in total. The minimum atomic E-state index is -4.93. The topological polar surface area (TPSA) is 66.4 Å². The molecule has 1 aliphatic heterocycles. The van der Waals surface area contributed by atoms with Gasteiger partial charge < -0.3 is 15.2 Å². The van der Waals surface area contributed by atoms with E-state index in [0.29, 0.717) is 25.5 Å². The third-order valence-electron chi connectivity index (χ3n) is 3.83. The summed E-state index contributed by atoms with van der Waals surface area (Å²) in [5, 5.41) is 11.0. The summed E-state index contributed by atoms with van der Waals surface area (Å²) in [4.78, 5) is 22.3. The van der Waals surface area contributed by atoms with Gasteiger partial charge in [-0.1, -0.05) is 6.42 Å². The van der Waals surface area contributed by atoms with Gasteiger partial charge in [-0.05, 0) is 18.3 Å². The molecule has 1 heterocycles. The standard InChI is InChI=1S/C10H12F3NO3/c11-10(12,13)9(17)5-8(2-1-3-8)6(4-15)7(16)14-9/h4,6,17H,1-3,5H2,(H,14,16)/t6-,9-/m1/s1. The third kappa shape index (κ3) is 1.64. The summed E-state index contributed by atoms with van der Waals surface area (Å²) >= 11 is 0. The van der Waals surface area contributed by atoms with E-state index < -0.39 is 35.6 Å². The van der Waals surface area contributed by atoms with E-state index in [1.54, 1.807) is 0 Å². The second-order valence-corrected chi connectivity index (χ2v) is 4.85. The molecular weight excluding hydrogens is 239 g/mol. The van der Waals surface area contributed by atoms with Gasteiger partial charge in [0.1, 0.15) is 6.29 Å². The molecule has 2 rings (SSSR count). The molecule has 17 heavy (non-hydrogen) atoms. The summed E-state index contributed by atoms with van der Waals surface area (Å²) in [6, 6.07) is 0. The van der Waals surface area contributed by atoms with E-state index >= 15 is 0 Å². The predicted octanol–water partition coefficient (Wildman–Crippen LogP) is 0.743. The van der Waals surface area contributed by atoms with Crippen molar-refractivity contribution in [2.75, 3.05) is 0 Å². The minimum absolute atomic E-state index is 0.363. The monoisotopic (exact) mass is 251 g/mol. The highest BCUT2D eigenvalue weighted by Gasteiger charge is 2.65. The molecular formula is C10H12F3NO3. The van der Waals surface area contributed by atoms with Gasteiger partial charge >= 0.3 is 6.18 Å². The van der Waals surface area contributed by atoms with Crippen molar-refractivity contribution in [3.63, 3.8) is 0 Å². The summed E-state index contributed by atoms with van der Waals surface area (Å²) in [6.07, 6.45) is -3.79. The first-order chi connectivity index (χ1) is 7.74. The van der Waals surface area contributed by atoms with E-state index in [-0.39, 0.29) is 0 Å². The number of hydrogen-bond acceptors (Lipinski definition) is 3. The van der Waals surface area contributed by atoms with E-state index in [4.69, 9.17) is 0 Å². The zero-order valence-electron chi connectivity index (χ0n) is 8.88. The number of aldehydes is 1. The SMILES string of the molecule is O=C[C@@H]1C(=O)N[C@](O)(C(F)(F)F)CC12CCC2. The molecule has 7 heteroatoms. The van der Waals surface area contributed by atoms with Crippen LogP contribution in [0.3, 0.4) is 0 Å². The first-order valence-corrected chi connectivity index (χ1v) is 5.31. The van der Waals surface area contributed by atoms with Crippen LogP contribution in [0, 0.1) is 11.3 Å². The van der Waals surface area contributed by atoms with Gasteiger partial charge in [-0.3, -0.25) is 4.79 Å². The van der Waals surface area contributed by atoms with Crippen LogP contribution in [0.2, 0.25) is 0 Å². The lowest BCUT2D eigenvalue weighted by molar-refractivity contribution is -0.294. The number of alkyl halides is 3. The molecule has 0 aromatic rings. The van der Waals surface area contributed by atoms with E-state index in [1.807, 2.05) is 0 Å². The molecule has 96 valence electrons. The smallest absolute Gasteiger partial charge is 0.363 e. The number of piperidine rings is 1. The lowest BCUT2D eigenvalue weighted by atomic mass is 9.56. The van der Waals surface area contributed by atoms with Gasteiger partial charge in [0.2, 0.25) is 11.6 Å². The molecule has 2 fully saturated rings. The van der Waals surface area contributed by atoms with Crippen LogP contribution >= 0.6 is 0 Å². The van der Waals surface area contributed by atoms with Crippen molar-refractivity contribution in [2.24, 2.45) is 11.3 Å². The number of carbonyl (C=O) groups is 2. The Morgan fingerprint density at radius 2 is 2.00 bits per heavy atom. The van der Waals surface area contributed by atoms with Crippen LogP contribution in [0.5, 0.6) is 0 Å². The van der Waals surface area contributed by atoms with E-state index in [1.165, 1.54) is 5.32 Å². The molecule has 2 N–H and O–H groups in total. The van der Waals surface area contributed by atoms with Crippen LogP contribution in [0.4, 0.5) is 13.2 Å². The highest BCUT2D eigenvalue weighted by molar-refractivity contribution is 5.94. The fraction of sp³-hybridized carbons (Fsp3) is 0.800. The van der Waals surface area contributed by atoms with Crippen molar-refractivity contribution >= 4 is 12.2 Å². The second-order valence-electron chi connectivity index (χ2n) is 4.85. The molecule has 2 aliphatic rings. The van der Waals surface area contributed by atoms with Gasteiger partial charge in [0.05, 0.1) is 5.92 Å². The first kappa shape index (κ1) is 12.3. The van der Waals surface area contributed by atoms with Crippen LogP contribution in [-0.2, 0) is 9.59 Å². The summed E-state index contributed by atoms with van der Waals surface area (Å²) in [5.41, 5.74) is -4.22. The lowest BCUT2D eigenvalue weighted by Crippen LogP contribution is -2.69. The van der Waals surface area contributed by atoms with Crippen LogP contribution < -0.4 is 5.32 Å². The fourth-order valence-corrected chi connectivity index (χ4v) is 2.72. The van der Waals surface area contributed by atoms with Gasteiger partial charge in [0.15, 0.2) is 0 Å². The highest BCUT2D eigenvalue weighted by Crippen LogP contribution is 2.55. The van der Waals surface area contributed by atoms with Crippen LogP contribution in [0.1, 0.15) is 25.7 Å². The normalized spacial score (nSPS) is 36.2. The number of halogens is 3. The molecule has 0 aromatic heterocycles. The summed E-state index contributed by atoms with van der Waals surface area (Å²) in [5.74, 6) is -2.12. The van der Waals surface area contributed by atoms with Crippen molar-refractivity contribution in [1.82, 2.24) is 5.32 Å². The van der Waals surface area contributed by atoms with Gasteiger partial charge in [-0.2, -0.15) is 13.2 Å². The maximum atomic E-state index is 12.7. The van der Waals surface area contributed by atoms with Gasteiger partial charge in [0.25, 0.3) is 0 Å². The molecule has 1 saturated heterocycles. The van der Waals surface area contributed by atoms with Crippen LogP contribution in [0.25, 0.3) is 0 Å². The number of hydrogen-bond donors (Lipinski definition) is 2. The number of nitrogens with one attached hydrogen (secondary N) is 1. The molecule has 1 aliphatic carbocycles. The number of amides is 1. The van der Waals surface area contributed by atoms with Crippen LogP contribution in [0.15, 0.2) is 0 Å². The molecule has 2 atom stereocenters. The molecule has 0 bridgehead atoms. The summed E-state index contributed by atoms with van der Waals surface area (Å²) in [7, 11) is 0. The van der Waals surface area contributed by atoms with Crippen molar-refractivity contribution in [1.29, 1.82) is 0 Å². The van der Waals surface area contributed by atoms with Gasteiger partial charge in [0, 0.05) is 6.42 Å². The zero-order valence-corrected chi connectivity index (χ0v) is 8.88. The average Bonchev–Trinajstić information content (AvgIpc) is 2.12. The average molecular weight is 251 g/mol. The number of carbonyl (C=O) groups excluding carboxylic acids is 2. The third-order valence-corrected chi connectivity index (χ3v) is 3.83. The van der Waals surface area contributed by atoms with Crippen molar-refractivity contribution in [3.05, 3.63) is 0 Å². The van der Waals surface area contributed by atoms with Crippen molar-refractivity contribution < 1.29 is 27.9 Å². The quantitative estimate of drug-likeness (QED) is 0.533. The molecule has 0 aromatic carbocycles. The Kier molecular flexibility index (Phi) is 2.50. The van der Waals surface area contributed by atoms with Crippen molar-refractivity contribution in [3.8, 4) is 0 Å². The fourth-order valence-electron chi connectivity index (χ4n) is 2.72. The minimum Gasteiger partial charge on any atom is -0.363 e. The Balaban J connectivity index is 2.34. The molecule has 1 saturated carbocycles. The Morgan fingerprint density at radius 1 is 1.41 bits per heavy atom. The molecule has 1 amide bonds. The molecule has 0 radical (unpaired) electrons. The summed E-state index contributed by atoms with van der Waals surface area (Å²) in [6.45, 7) is 0. The van der Waals surface area contributed by atoms with E-state index in [2.05, 4.69) is 0 Å². The largest absolute Gasteiger partial charge is 0.436 e. The maximum absolute atomic E-state index is 12.7. The Hall–Kier alpha value is -1.11. The van der Waals surface area contributed by atoms with Crippen molar-refractivity contribution in [2.45, 2.75) is 37.6 Å². The first-order valence-electron chi connectivity index (χ1n) is 5.31. The maximum Gasteiger partial charge on any atom is 0.436 e. The van der Waals surface area contributed by atoms with Gasteiger partial charge in [-0.25, -0.2) is 0 Å². The number of aliphatic hydroxyl groups is 1. The number of rotatable bonds is 1. The Labute approximate surface area is 95.2 Å². The predicted molar refractivity (Wildman–Crippen MR) is 49.6 cm³/mol. The zero-order chi connectivity index (χ0) is 12.9. The highest BCUT2D eigenvalue weighted by atomic mass is 19.4. The second kappa shape index (κ2) is 3.44.